The number of sulfonamides is 1. The molecule has 1 aromatic heterocycles. The number of morpholine rings is 1. The second kappa shape index (κ2) is 9.43. The van der Waals surface area contributed by atoms with Crippen molar-refractivity contribution in [1.82, 2.24) is 13.8 Å². The van der Waals surface area contributed by atoms with E-state index >= 15 is 0 Å². The van der Waals surface area contributed by atoms with E-state index in [0.717, 1.165) is 30.2 Å². The summed E-state index contributed by atoms with van der Waals surface area (Å²) in [4.78, 5) is 15.2. The van der Waals surface area contributed by atoms with Crippen LogP contribution in [0.15, 0.2) is 35.2 Å². The van der Waals surface area contributed by atoms with Gasteiger partial charge in [0.2, 0.25) is 10.0 Å². The third kappa shape index (κ3) is 4.51. The minimum absolute atomic E-state index is 0.0788. The summed E-state index contributed by atoms with van der Waals surface area (Å²) in [5, 5.41) is 0. The van der Waals surface area contributed by atoms with Gasteiger partial charge < -0.3 is 9.30 Å². The number of hydrogen-bond donors (Lipinski definition) is 0. The fourth-order valence-corrected chi connectivity index (χ4v) is 5.35. The van der Waals surface area contributed by atoms with E-state index in [1.165, 1.54) is 4.31 Å². The van der Waals surface area contributed by atoms with Crippen LogP contribution in [0.4, 0.5) is 0 Å². The van der Waals surface area contributed by atoms with Crippen molar-refractivity contribution >= 4 is 15.8 Å². The highest BCUT2D eigenvalue weighted by Gasteiger charge is 2.27. The van der Waals surface area contributed by atoms with Crippen LogP contribution < -0.4 is 0 Å². The van der Waals surface area contributed by atoms with Gasteiger partial charge in [0.15, 0.2) is 5.78 Å². The lowest BCUT2D eigenvalue weighted by Crippen LogP contribution is -2.40. The van der Waals surface area contributed by atoms with E-state index in [2.05, 4.69) is 4.90 Å². The van der Waals surface area contributed by atoms with Crippen molar-refractivity contribution in [3.63, 3.8) is 0 Å². The Morgan fingerprint density at radius 2 is 1.77 bits per heavy atom. The quantitative estimate of drug-likeness (QED) is 0.599. The lowest BCUT2D eigenvalue weighted by atomic mass is 10.1. The molecule has 0 spiro atoms. The SMILES string of the molecule is CCN(CC)CC(=O)c1cc(C)n(-c2cccc(S(=O)(=O)N3CCOCC3)c2)c1C. The molecule has 3 rings (SSSR count). The van der Waals surface area contributed by atoms with E-state index in [0.29, 0.717) is 38.4 Å². The molecule has 1 aliphatic heterocycles. The van der Waals surface area contributed by atoms with Crippen LogP contribution in [0, 0.1) is 13.8 Å². The molecule has 0 amide bonds. The lowest BCUT2D eigenvalue weighted by molar-refractivity contribution is 0.0730. The zero-order chi connectivity index (χ0) is 21.9. The number of benzene rings is 1. The summed E-state index contributed by atoms with van der Waals surface area (Å²) in [6, 6.07) is 8.82. The number of ketones is 1. The standard InChI is InChI=1S/C22H31N3O4S/c1-5-23(6-2)16-22(26)21-14-17(3)25(18(21)4)19-8-7-9-20(15-19)30(27,28)24-10-12-29-13-11-24/h7-9,14-15H,5-6,10-13,16H2,1-4H3. The first-order valence-electron chi connectivity index (χ1n) is 10.4. The van der Waals surface area contributed by atoms with Gasteiger partial charge in [0.1, 0.15) is 0 Å². The van der Waals surface area contributed by atoms with Gasteiger partial charge in [-0.05, 0) is 51.2 Å². The number of nitrogens with zero attached hydrogens (tertiary/aromatic N) is 3. The molecule has 164 valence electrons. The van der Waals surface area contributed by atoms with Crippen LogP contribution in [0.1, 0.15) is 35.6 Å². The molecule has 30 heavy (non-hydrogen) atoms. The van der Waals surface area contributed by atoms with Crippen LogP contribution >= 0.6 is 0 Å². The Balaban J connectivity index is 1.94. The summed E-state index contributed by atoms with van der Waals surface area (Å²) in [5.41, 5.74) is 3.14. The van der Waals surface area contributed by atoms with E-state index in [4.69, 9.17) is 4.74 Å². The van der Waals surface area contributed by atoms with E-state index in [1.54, 1.807) is 18.2 Å². The number of rotatable bonds is 8. The van der Waals surface area contributed by atoms with Crippen LogP contribution in [-0.2, 0) is 14.8 Å². The fraction of sp³-hybridized carbons (Fsp3) is 0.500. The summed E-state index contributed by atoms with van der Waals surface area (Å²) in [7, 11) is -3.58. The number of aryl methyl sites for hydroxylation is 1. The Morgan fingerprint density at radius 3 is 2.40 bits per heavy atom. The first-order chi connectivity index (χ1) is 14.3. The minimum atomic E-state index is -3.58. The van der Waals surface area contributed by atoms with Crippen LogP contribution in [0.3, 0.4) is 0 Å². The Bertz CT molecular complexity index is 1000. The highest BCUT2D eigenvalue weighted by molar-refractivity contribution is 7.89. The summed E-state index contributed by atoms with van der Waals surface area (Å²) in [5.74, 6) is 0.0788. The van der Waals surface area contributed by atoms with Crippen molar-refractivity contribution in [2.24, 2.45) is 0 Å². The summed E-state index contributed by atoms with van der Waals surface area (Å²) >= 11 is 0. The van der Waals surface area contributed by atoms with E-state index in [1.807, 2.05) is 44.4 Å². The Labute approximate surface area is 179 Å². The predicted molar refractivity (Wildman–Crippen MR) is 117 cm³/mol. The molecule has 1 aliphatic rings. The minimum Gasteiger partial charge on any atom is -0.379 e. The second-order valence-electron chi connectivity index (χ2n) is 7.52. The molecule has 2 aromatic rings. The van der Waals surface area contributed by atoms with Crippen molar-refractivity contribution in [3.05, 3.63) is 47.3 Å². The molecule has 0 saturated carbocycles. The van der Waals surface area contributed by atoms with Crippen LogP contribution in [0.2, 0.25) is 0 Å². The third-order valence-electron chi connectivity index (χ3n) is 5.68. The summed E-state index contributed by atoms with van der Waals surface area (Å²) in [6.45, 7) is 11.5. The molecule has 2 heterocycles. The Hall–Kier alpha value is -2.00. The van der Waals surface area contributed by atoms with Gasteiger partial charge in [-0.1, -0.05) is 19.9 Å². The summed E-state index contributed by atoms with van der Waals surface area (Å²) < 4.78 is 34.8. The highest BCUT2D eigenvalue weighted by Crippen LogP contribution is 2.25. The normalized spacial score (nSPS) is 15.6. The molecular weight excluding hydrogens is 402 g/mol. The molecule has 0 unspecified atom stereocenters. The van der Waals surface area contributed by atoms with Crippen molar-refractivity contribution in [2.75, 3.05) is 45.9 Å². The first kappa shape index (κ1) is 22.7. The van der Waals surface area contributed by atoms with Gasteiger partial charge >= 0.3 is 0 Å². The van der Waals surface area contributed by atoms with Crippen LogP contribution in [0.25, 0.3) is 5.69 Å². The zero-order valence-electron chi connectivity index (χ0n) is 18.2. The van der Waals surface area contributed by atoms with Gasteiger partial charge in [-0.2, -0.15) is 4.31 Å². The van der Waals surface area contributed by atoms with Crippen molar-refractivity contribution < 1.29 is 17.9 Å². The maximum absolute atomic E-state index is 13.0. The van der Waals surface area contributed by atoms with E-state index in [-0.39, 0.29) is 10.7 Å². The van der Waals surface area contributed by atoms with Gasteiger partial charge in [-0.15, -0.1) is 0 Å². The molecular formula is C22H31N3O4S. The van der Waals surface area contributed by atoms with Crippen molar-refractivity contribution in [2.45, 2.75) is 32.6 Å². The van der Waals surface area contributed by atoms with Gasteiger partial charge in [0.05, 0.1) is 24.7 Å². The zero-order valence-corrected chi connectivity index (χ0v) is 19.0. The molecule has 0 radical (unpaired) electrons. The molecule has 0 bridgehead atoms. The summed E-state index contributed by atoms with van der Waals surface area (Å²) in [6.07, 6.45) is 0. The van der Waals surface area contributed by atoms with Gasteiger partial charge in [0.25, 0.3) is 0 Å². The molecule has 7 nitrogen and oxygen atoms in total. The molecule has 1 fully saturated rings. The van der Waals surface area contributed by atoms with Crippen LogP contribution in [-0.4, -0.2) is 73.9 Å². The molecule has 1 aromatic carbocycles. The number of aromatic nitrogens is 1. The number of Topliss-reactive ketones (excluding diaryl/α,β-unsaturated/α-hetero) is 1. The fourth-order valence-electron chi connectivity index (χ4n) is 3.90. The van der Waals surface area contributed by atoms with E-state index < -0.39 is 10.0 Å². The molecule has 1 saturated heterocycles. The highest BCUT2D eigenvalue weighted by atomic mass is 32.2. The van der Waals surface area contributed by atoms with Crippen molar-refractivity contribution in [1.29, 1.82) is 0 Å². The molecule has 0 atom stereocenters. The molecule has 0 N–H and O–H groups in total. The molecule has 8 heteroatoms. The number of carbonyl (C=O) groups excluding carboxylic acids is 1. The number of likely N-dealkylation sites (N-methyl/N-ethyl adjacent to an activating group) is 1. The van der Waals surface area contributed by atoms with Gasteiger partial charge in [0, 0.05) is 35.7 Å². The number of carbonyl (C=O) groups is 1. The maximum Gasteiger partial charge on any atom is 0.243 e. The first-order valence-corrected chi connectivity index (χ1v) is 11.9. The molecule has 0 aliphatic carbocycles. The maximum atomic E-state index is 13.0. The number of hydrogen-bond acceptors (Lipinski definition) is 5. The topological polar surface area (TPSA) is 71.9 Å². The second-order valence-corrected chi connectivity index (χ2v) is 9.46. The largest absolute Gasteiger partial charge is 0.379 e. The predicted octanol–water partition coefficient (Wildman–Crippen LogP) is 2.64. The van der Waals surface area contributed by atoms with Gasteiger partial charge in [-0.3, -0.25) is 9.69 Å². The monoisotopic (exact) mass is 433 g/mol. The van der Waals surface area contributed by atoms with Gasteiger partial charge in [-0.25, -0.2) is 8.42 Å². The average Bonchev–Trinajstić information content (AvgIpc) is 3.06. The Kier molecular flexibility index (Phi) is 7.13. The smallest absolute Gasteiger partial charge is 0.243 e. The lowest BCUT2D eigenvalue weighted by Gasteiger charge is -2.26. The Morgan fingerprint density at radius 1 is 1.10 bits per heavy atom. The number of ether oxygens (including phenoxy) is 1. The third-order valence-corrected chi connectivity index (χ3v) is 7.57. The van der Waals surface area contributed by atoms with E-state index in [9.17, 15) is 13.2 Å². The average molecular weight is 434 g/mol. The van der Waals surface area contributed by atoms with Crippen LogP contribution in [0.5, 0.6) is 0 Å². The van der Waals surface area contributed by atoms with Crippen molar-refractivity contribution in [3.8, 4) is 5.69 Å².